The van der Waals surface area contributed by atoms with Crippen molar-refractivity contribution in [3.8, 4) is 11.3 Å². The van der Waals surface area contributed by atoms with Gasteiger partial charge in [0.2, 0.25) is 0 Å². The fourth-order valence-electron chi connectivity index (χ4n) is 3.41. The molecule has 1 aromatic heterocycles. The van der Waals surface area contributed by atoms with Crippen molar-refractivity contribution in [2.24, 2.45) is 5.16 Å². The summed E-state index contributed by atoms with van der Waals surface area (Å²) < 4.78 is 38.1. The number of hydrogen-bond donors (Lipinski definition) is 1. The highest BCUT2D eigenvalue weighted by Crippen LogP contribution is 2.30. The number of carbonyl (C=O) groups excluding carboxylic acids is 1. The van der Waals surface area contributed by atoms with Crippen LogP contribution in [0.1, 0.15) is 47.3 Å². The van der Waals surface area contributed by atoms with E-state index in [2.05, 4.69) is 20.4 Å². The number of amides is 1. The first-order valence-electron chi connectivity index (χ1n) is 10.2. The van der Waals surface area contributed by atoms with Crippen LogP contribution in [0.2, 0.25) is 0 Å². The number of aryl methyl sites for hydroxylation is 1. The molecule has 1 N–H and O–H groups in total. The Labute approximate surface area is 188 Å². The molecule has 1 aliphatic heterocycles. The van der Waals surface area contributed by atoms with E-state index < -0.39 is 17.6 Å². The summed E-state index contributed by atoms with van der Waals surface area (Å²) in [7, 11) is 0. The van der Waals surface area contributed by atoms with Crippen LogP contribution < -0.4 is 5.32 Å². The Morgan fingerprint density at radius 3 is 2.36 bits per heavy atom. The molecule has 3 aromatic rings. The first-order chi connectivity index (χ1) is 15.5. The zero-order chi connectivity index (χ0) is 23.8. The Bertz CT molecular complexity index is 1220. The molecule has 2 heterocycles. The molecule has 0 bridgehead atoms. The summed E-state index contributed by atoms with van der Waals surface area (Å²) in [6.45, 7) is 5.90. The number of benzene rings is 2. The second-order valence-electron chi connectivity index (χ2n) is 8.41. The van der Waals surface area contributed by atoms with Crippen LogP contribution in [-0.2, 0) is 11.0 Å². The van der Waals surface area contributed by atoms with Gasteiger partial charge in [0.25, 0.3) is 5.91 Å². The van der Waals surface area contributed by atoms with Crippen LogP contribution in [0, 0.1) is 6.92 Å². The quantitative estimate of drug-likeness (QED) is 0.555. The molecule has 0 spiro atoms. The average Bonchev–Trinajstić information content (AvgIpc) is 3.14. The lowest BCUT2D eigenvalue weighted by molar-refractivity contribution is -0.137. The van der Waals surface area contributed by atoms with E-state index in [9.17, 15) is 18.0 Å². The molecule has 0 atom stereocenters. The molecule has 33 heavy (non-hydrogen) atoms. The minimum Gasteiger partial charge on any atom is -0.389 e. The molecule has 0 saturated heterocycles. The standard InChI is InChI=1S/C24H21F3N4O2/c1-14-4-5-16(19-11-23(2,3)33-31-19)10-18(14)20-12-29-21(13-28-20)30-22(32)15-6-8-17(9-7-15)24(25,26)27/h4-10,12-13H,11H2,1-3H3,(H,29,30,32). The number of nitrogens with one attached hydrogen (secondary N) is 1. The van der Waals surface area contributed by atoms with Gasteiger partial charge in [-0.3, -0.25) is 9.78 Å². The van der Waals surface area contributed by atoms with Gasteiger partial charge in [-0.15, -0.1) is 0 Å². The molecular weight excluding hydrogens is 433 g/mol. The predicted molar refractivity (Wildman–Crippen MR) is 118 cm³/mol. The second kappa shape index (κ2) is 8.31. The third-order valence-electron chi connectivity index (χ3n) is 5.21. The summed E-state index contributed by atoms with van der Waals surface area (Å²) in [4.78, 5) is 26.4. The van der Waals surface area contributed by atoms with Crippen molar-refractivity contribution in [2.75, 3.05) is 5.32 Å². The molecule has 2 aromatic carbocycles. The van der Waals surface area contributed by atoms with Crippen molar-refractivity contribution in [1.29, 1.82) is 0 Å². The number of rotatable bonds is 4. The van der Waals surface area contributed by atoms with Crippen molar-refractivity contribution in [3.05, 3.63) is 77.1 Å². The van der Waals surface area contributed by atoms with E-state index >= 15 is 0 Å². The maximum absolute atomic E-state index is 12.7. The smallest absolute Gasteiger partial charge is 0.389 e. The fourth-order valence-corrected chi connectivity index (χ4v) is 3.41. The highest BCUT2D eigenvalue weighted by Gasteiger charge is 2.31. The Balaban J connectivity index is 1.49. The van der Waals surface area contributed by atoms with E-state index in [1.165, 1.54) is 12.4 Å². The third kappa shape index (κ3) is 5.02. The van der Waals surface area contributed by atoms with Gasteiger partial charge in [0, 0.05) is 23.1 Å². The van der Waals surface area contributed by atoms with E-state index in [0.29, 0.717) is 12.1 Å². The molecular formula is C24H21F3N4O2. The van der Waals surface area contributed by atoms with Crippen LogP contribution in [0.5, 0.6) is 0 Å². The molecule has 9 heteroatoms. The van der Waals surface area contributed by atoms with E-state index in [4.69, 9.17) is 4.84 Å². The van der Waals surface area contributed by atoms with E-state index in [0.717, 1.165) is 46.7 Å². The van der Waals surface area contributed by atoms with Crippen LogP contribution in [0.3, 0.4) is 0 Å². The number of anilines is 1. The first kappa shape index (κ1) is 22.4. The normalized spacial score (nSPS) is 15.0. The summed E-state index contributed by atoms with van der Waals surface area (Å²) in [5, 5.41) is 6.73. The summed E-state index contributed by atoms with van der Waals surface area (Å²) >= 11 is 0. The highest BCUT2D eigenvalue weighted by atomic mass is 19.4. The minimum atomic E-state index is -4.46. The molecule has 0 aliphatic carbocycles. The van der Waals surface area contributed by atoms with Gasteiger partial charge in [-0.2, -0.15) is 13.2 Å². The number of halogens is 3. The maximum atomic E-state index is 12.7. The van der Waals surface area contributed by atoms with Crippen molar-refractivity contribution in [3.63, 3.8) is 0 Å². The first-order valence-corrected chi connectivity index (χ1v) is 10.2. The van der Waals surface area contributed by atoms with Gasteiger partial charge in [-0.05, 0) is 56.7 Å². The number of hydrogen-bond acceptors (Lipinski definition) is 5. The Kier molecular flexibility index (Phi) is 5.65. The molecule has 4 rings (SSSR count). The van der Waals surface area contributed by atoms with Crippen molar-refractivity contribution >= 4 is 17.4 Å². The number of oxime groups is 1. The SMILES string of the molecule is Cc1ccc(C2=NOC(C)(C)C2)cc1-c1cnc(NC(=O)c2ccc(C(F)(F)F)cc2)cn1. The fraction of sp³-hybridized carbons (Fsp3) is 0.250. The Hall–Kier alpha value is -3.75. The monoisotopic (exact) mass is 454 g/mol. The molecule has 6 nitrogen and oxygen atoms in total. The van der Waals surface area contributed by atoms with Gasteiger partial charge in [-0.25, -0.2) is 4.98 Å². The van der Waals surface area contributed by atoms with E-state index in [1.54, 1.807) is 0 Å². The largest absolute Gasteiger partial charge is 0.416 e. The second-order valence-corrected chi connectivity index (χ2v) is 8.41. The van der Waals surface area contributed by atoms with Gasteiger partial charge in [0.15, 0.2) is 5.82 Å². The molecule has 170 valence electrons. The minimum absolute atomic E-state index is 0.0832. The molecule has 1 aliphatic rings. The number of carbonyl (C=O) groups is 1. The molecule has 0 unspecified atom stereocenters. The summed E-state index contributed by atoms with van der Waals surface area (Å²) in [6, 6.07) is 9.88. The summed E-state index contributed by atoms with van der Waals surface area (Å²) in [5.41, 5.74) is 3.19. The van der Waals surface area contributed by atoms with Crippen LogP contribution in [0.25, 0.3) is 11.3 Å². The zero-order valence-corrected chi connectivity index (χ0v) is 18.2. The number of aromatic nitrogens is 2. The van der Waals surface area contributed by atoms with E-state index in [-0.39, 0.29) is 17.0 Å². The van der Waals surface area contributed by atoms with Crippen molar-refractivity contribution in [1.82, 2.24) is 9.97 Å². The van der Waals surface area contributed by atoms with Crippen LogP contribution >= 0.6 is 0 Å². The number of alkyl halides is 3. The Morgan fingerprint density at radius 2 is 1.79 bits per heavy atom. The van der Waals surface area contributed by atoms with Crippen molar-refractivity contribution < 1.29 is 22.8 Å². The molecule has 0 radical (unpaired) electrons. The average molecular weight is 454 g/mol. The van der Waals surface area contributed by atoms with Gasteiger partial charge in [0.05, 0.1) is 29.4 Å². The number of nitrogens with zero attached hydrogens (tertiary/aromatic N) is 3. The maximum Gasteiger partial charge on any atom is 0.416 e. The van der Waals surface area contributed by atoms with Crippen LogP contribution in [-0.4, -0.2) is 27.2 Å². The van der Waals surface area contributed by atoms with Gasteiger partial charge < -0.3 is 10.2 Å². The highest BCUT2D eigenvalue weighted by molar-refractivity contribution is 6.04. The third-order valence-corrected chi connectivity index (χ3v) is 5.21. The zero-order valence-electron chi connectivity index (χ0n) is 18.2. The van der Waals surface area contributed by atoms with Gasteiger partial charge in [0.1, 0.15) is 5.60 Å². The predicted octanol–water partition coefficient (Wildman–Crippen LogP) is 5.63. The van der Waals surface area contributed by atoms with E-state index in [1.807, 2.05) is 39.0 Å². The molecule has 0 saturated carbocycles. The summed E-state index contributed by atoms with van der Waals surface area (Å²) in [5.74, 6) is -0.390. The Morgan fingerprint density at radius 1 is 1.06 bits per heavy atom. The molecule has 1 amide bonds. The lowest BCUT2D eigenvalue weighted by Crippen LogP contribution is -2.19. The van der Waals surface area contributed by atoms with Crippen molar-refractivity contribution in [2.45, 2.75) is 39.0 Å². The van der Waals surface area contributed by atoms with Crippen LogP contribution in [0.4, 0.5) is 19.0 Å². The lowest BCUT2D eigenvalue weighted by atomic mass is 9.94. The lowest BCUT2D eigenvalue weighted by Gasteiger charge is -2.13. The summed E-state index contributed by atoms with van der Waals surface area (Å²) in [6.07, 6.45) is -0.830. The van der Waals surface area contributed by atoms with Gasteiger partial charge in [-0.1, -0.05) is 17.3 Å². The van der Waals surface area contributed by atoms with Crippen LogP contribution in [0.15, 0.2) is 60.0 Å². The van der Waals surface area contributed by atoms with Gasteiger partial charge >= 0.3 is 6.18 Å². The topological polar surface area (TPSA) is 76.5 Å². The molecule has 0 fully saturated rings.